The molecule has 0 amide bonds. The number of piperidine rings is 1. The monoisotopic (exact) mass is 292 g/mol. The van der Waals surface area contributed by atoms with E-state index in [0.29, 0.717) is 6.04 Å². The normalized spacial score (nSPS) is 21.1. The number of alkyl halides is 1. The predicted molar refractivity (Wildman–Crippen MR) is 67.9 cm³/mol. The van der Waals surface area contributed by atoms with E-state index in [4.69, 9.17) is 4.74 Å². The van der Waals surface area contributed by atoms with E-state index in [9.17, 15) is 4.79 Å². The first-order valence-electron chi connectivity index (χ1n) is 5.65. The van der Waals surface area contributed by atoms with E-state index >= 15 is 0 Å². The third-order valence-electron chi connectivity index (χ3n) is 3.16. The van der Waals surface area contributed by atoms with Gasteiger partial charge in [0.1, 0.15) is 4.83 Å². The highest BCUT2D eigenvalue weighted by Gasteiger charge is 2.24. The number of carbonyl (C=O) groups excluding carboxylic acids is 1. The van der Waals surface area contributed by atoms with Crippen LogP contribution in [0, 0.1) is 0 Å². The zero-order chi connectivity index (χ0) is 12.1. The van der Waals surface area contributed by atoms with Gasteiger partial charge in [0.25, 0.3) is 0 Å². The number of rotatable bonds is 4. The van der Waals surface area contributed by atoms with Gasteiger partial charge in [0, 0.05) is 12.6 Å². The van der Waals surface area contributed by atoms with Crippen LogP contribution in [0.25, 0.3) is 0 Å². The number of hydrogen-bond donors (Lipinski definition) is 0. The van der Waals surface area contributed by atoms with Crippen LogP contribution >= 0.6 is 15.9 Å². The molecule has 1 unspecified atom stereocenters. The number of likely N-dealkylation sites (tertiary alicyclic amines) is 1. The molecule has 0 radical (unpaired) electrons. The largest absolute Gasteiger partial charge is 0.468 e. The average molecular weight is 293 g/mol. The van der Waals surface area contributed by atoms with Crippen LogP contribution in [0.2, 0.25) is 0 Å². The number of methoxy groups -OCH3 is 1. The lowest BCUT2D eigenvalue weighted by Crippen LogP contribution is -2.44. The summed E-state index contributed by atoms with van der Waals surface area (Å²) in [7, 11) is 5.68. The lowest BCUT2D eigenvalue weighted by molar-refractivity contribution is -0.140. The van der Waals surface area contributed by atoms with Crippen LogP contribution in [0.4, 0.5) is 0 Å². The molecule has 0 aliphatic carbocycles. The van der Waals surface area contributed by atoms with Gasteiger partial charge in [0.15, 0.2) is 0 Å². The molecule has 0 aromatic rings. The Kier molecular flexibility index (Phi) is 5.72. The first kappa shape index (κ1) is 13.9. The first-order valence-corrected chi connectivity index (χ1v) is 6.57. The van der Waals surface area contributed by atoms with Crippen molar-refractivity contribution in [1.82, 2.24) is 9.80 Å². The fraction of sp³-hybridized carbons (Fsp3) is 0.909. The van der Waals surface area contributed by atoms with Crippen molar-refractivity contribution in [1.29, 1.82) is 0 Å². The van der Waals surface area contributed by atoms with Gasteiger partial charge in [-0.15, -0.1) is 0 Å². The van der Waals surface area contributed by atoms with Crippen LogP contribution in [-0.4, -0.2) is 67.5 Å². The van der Waals surface area contributed by atoms with Gasteiger partial charge in [0.2, 0.25) is 0 Å². The fourth-order valence-corrected chi connectivity index (χ4v) is 2.64. The first-order chi connectivity index (χ1) is 7.54. The summed E-state index contributed by atoms with van der Waals surface area (Å²) in [6.07, 6.45) is 2.35. The molecule has 1 atom stereocenters. The number of ether oxygens (including phenoxy) is 1. The molecule has 0 saturated carbocycles. The molecular weight excluding hydrogens is 272 g/mol. The molecule has 5 heteroatoms. The molecule has 1 fully saturated rings. The summed E-state index contributed by atoms with van der Waals surface area (Å²) in [6.45, 7) is 2.86. The van der Waals surface area contributed by atoms with Gasteiger partial charge in [-0.3, -0.25) is 4.79 Å². The Morgan fingerprint density at radius 1 is 1.50 bits per heavy atom. The highest BCUT2D eigenvalue weighted by molar-refractivity contribution is 9.10. The molecule has 1 aliphatic rings. The topological polar surface area (TPSA) is 32.8 Å². The van der Waals surface area contributed by atoms with Crippen LogP contribution in [-0.2, 0) is 9.53 Å². The van der Waals surface area contributed by atoms with Gasteiger partial charge < -0.3 is 14.5 Å². The minimum absolute atomic E-state index is 0.185. The predicted octanol–water partition coefficient (Wildman–Crippen LogP) is 0.949. The van der Waals surface area contributed by atoms with Crippen molar-refractivity contribution in [3.05, 3.63) is 0 Å². The van der Waals surface area contributed by atoms with Crippen LogP contribution < -0.4 is 0 Å². The van der Waals surface area contributed by atoms with E-state index < -0.39 is 0 Å². The molecule has 0 aromatic heterocycles. The standard InChI is InChI=1S/C11H21BrN2O2/c1-13(2)9-4-6-14(7-5-9)8-10(12)11(15)16-3/h9-10H,4-8H2,1-3H3. The Bertz CT molecular complexity index is 228. The average Bonchev–Trinajstić information content (AvgIpc) is 2.28. The zero-order valence-corrected chi connectivity index (χ0v) is 11.9. The van der Waals surface area contributed by atoms with Gasteiger partial charge in [-0.1, -0.05) is 15.9 Å². The molecule has 1 aliphatic heterocycles. The van der Waals surface area contributed by atoms with E-state index in [0.717, 1.165) is 19.6 Å². The van der Waals surface area contributed by atoms with Crippen LogP contribution in [0.15, 0.2) is 0 Å². The Balaban J connectivity index is 2.29. The molecule has 4 nitrogen and oxygen atoms in total. The Morgan fingerprint density at radius 3 is 2.50 bits per heavy atom. The number of hydrogen-bond acceptors (Lipinski definition) is 4. The maximum absolute atomic E-state index is 11.3. The van der Waals surface area contributed by atoms with Crippen molar-refractivity contribution in [2.75, 3.05) is 40.8 Å². The summed E-state index contributed by atoms with van der Waals surface area (Å²) in [5, 5.41) is 0. The van der Waals surface area contributed by atoms with Gasteiger partial charge in [-0.05, 0) is 40.0 Å². The van der Waals surface area contributed by atoms with E-state index in [1.807, 2.05) is 0 Å². The summed E-state index contributed by atoms with van der Waals surface area (Å²) in [5.74, 6) is -0.185. The van der Waals surface area contributed by atoms with Crippen molar-refractivity contribution in [3.8, 4) is 0 Å². The molecule has 1 saturated heterocycles. The molecule has 0 bridgehead atoms. The number of esters is 1. The second-order valence-electron chi connectivity index (χ2n) is 4.49. The van der Waals surface area contributed by atoms with Crippen molar-refractivity contribution < 1.29 is 9.53 Å². The molecule has 0 spiro atoms. The SMILES string of the molecule is COC(=O)C(Br)CN1CCC(N(C)C)CC1. The van der Waals surface area contributed by atoms with Crippen molar-refractivity contribution >= 4 is 21.9 Å². The quantitative estimate of drug-likeness (QED) is 0.571. The number of halogens is 1. The fourth-order valence-electron chi connectivity index (χ4n) is 2.05. The van der Waals surface area contributed by atoms with Gasteiger partial charge in [0.05, 0.1) is 7.11 Å². The van der Waals surface area contributed by atoms with Crippen molar-refractivity contribution in [2.45, 2.75) is 23.7 Å². The lowest BCUT2D eigenvalue weighted by atomic mass is 10.0. The van der Waals surface area contributed by atoms with Crippen molar-refractivity contribution in [2.24, 2.45) is 0 Å². The van der Waals surface area contributed by atoms with E-state index in [2.05, 4.69) is 39.8 Å². The summed E-state index contributed by atoms with van der Waals surface area (Å²) in [4.78, 5) is 15.7. The number of nitrogens with zero attached hydrogens (tertiary/aromatic N) is 2. The highest BCUT2D eigenvalue weighted by Crippen LogP contribution is 2.16. The number of carbonyl (C=O) groups is 1. The smallest absolute Gasteiger partial charge is 0.320 e. The lowest BCUT2D eigenvalue weighted by Gasteiger charge is -2.35. The maximum Gasteiger partial charge on any atom is 0.320 e. The summed E-state index contributed by atoms with van der Waals surface area (Å²) in [5.41, 5.74) is 0. The Labute approximate surface area is 106 Å². The Hall–Kier alpha value is -0.130. The highest BCUT2D eigenvalue weighted by atomic mass is 79.9. The summed E-state index contributed by atoms with van der Waals surface area (Å²) >= 11 is 3.36. The van der Waals surface area contributed by atoms with E-state index in [1.165, 1.54) is 20.0 Å². The minimum Gasteiger partial charge on any atom is -0.468 e. The zero-order valence-electron chi connectivity index (χ0n) is 10.3. The Morgan fingerprint density at radius 2 is 2.06 bits per heavy atom. The van der Waals surface area contributed by atoms with E-state index in [-0.39, 0.29) is 10.8 Å². The minimum atomic E-state index is -0.201. The second kappa shape index (κ2) is 6.57. The van der Waals surface area contributed by atoms with Crippen molar-refractivity contribution in [3.63, 3.8) is 0 Å². The van der Waals surface area contributed by atoms with Gasteiger partial charge >= 0.3 is 5.97 Å². The second-order valence-corrected chi connectivity index (χ2v) is 5.59. The van der Waals surface area contributed by atoms with Gasteiger partial charge in [-0.25, -0.2) is 0 Å². The molecule has 0 aromatic carbocycles. The third-order valence-corrected chi connectivity index (χ3v) is 3.83. The van der Waals surface area contributed by atoms with Crippen LogP contribution in [0.5, 0.6) is 0 Å². The maximum atomic E-state index is 11.3. The molecule has 0 N–H and O–H groups in total. The summed E-state index contributed by atoms with van der Waals surface area (Å²) in [6, 6.07) is 0.683. The van der Waals surface area contributed by atoms with Crippen LogP contribution in [0.3, 0.4) is 0 Å². The summed E-state index contributed by atoms with van der Waals surface area (Å²) < 4.78 is 4.69. The molecule has 1 rings (SSSR count). The third kappa shape index (κ3) is 4.03. The molecule has 1 heterocycles. The molecule has 94 valence electrons. The van der Waals surface area contributed by atoms with E-state index in [1.54, 1.807) is 0 Å². The van der Waals surface area contributed by atoms with Gasteiger partial charge in [-0.2, -0.15) is 0 Å². The van der Waals surface area contributed by atoms with Crippen LogP contribution in [0.1, 0.15) is 12.8 Å². The molecule has 16 heavy (non-hydrogen) atoms. The molecular formula is C11H21BrN2O2.